The number of pyridine rings is 1. The third-order valence-corrected chi connectivity index (χ3v) is 4.66. The highest BCUT2D eigenvalue weighted by Crippen LogP contribution is 2.26. The minimum Gasteiger partial charge on any atom is -0.316 e. The number of hydrogen-bond acceptors (Lipinski definition) is 4. The Morgan fingerprint density at radius 1 is 1.25 bits per heavy atom. The van der Waals surface area contributed by atoms with Crippen LogP contribution in [0.25, 0.3) is 16.3 Å². The van der Waals surface area contributed by atoms with Crippen molar-refractivity contribution in [3.05, 3.63) is 42.2 Å². The number of allylic oxidation sites excluding steroid dienone is 1. The van der Waals surface area contributed by atoms with Crippen LogP contribution in [0.3, 0.4) is 0 Å². The minimum atomic E-state index is 0.0309. The molecule has 0 saturated carbocycles. The summed E-state index contributed by atoms with van der Waals surface area (Å²) in [5.74, 6) is 0.701. The number of hydrogen-bond donors (Lipinski definition) is 2. The summed E-state index contributed by atoms with van der Waals surface area (Å²) in [5, 5.41) is 8.38. The monoisotopic (exact) mass is 320 g/mol. The van der Waals surface area contributed by atoms with Gasteiger partial charge in [0.25, 0.3) is 0 Å². The zero-order chi connectivity index (χ0) is 16.4. The number of aromatic nitrogens is 1. The molecular formula is C19H20N4O. The Hall–Kier alpha value is -2.53. The van der Waals surface area contributed by atoms with Crippen molar-refractivity contribution in [3.63, 3.8) is 0 Å². The number of nitrogens with zero attached hydrogens (tertiary/aromatic N) is 2. The van der Waals surface area contributed by atoms with Crippen molar-refractivity contribution in [3.8, 4) is 0 Å². The molecule has 1 amide bonds. The van der Waals surface area contributed by atoms with Gasteiger partial charge in [-0.25, -0.2) is 4.98 Å². The normalized spacial score (nSPS) is 20.2. The molecule has 3 heterocycles. The summed E-state index contributed by atoms with van der Waals surface area (Å²) in [4.78, 5) is 20.9. The SMILES string of the molecule is O=C(Nc1cc2cc(C3=CN=CC3)ccc2cn1)[C@@H]1CCCNC1. The van der Waals surface area contributed by atoms with Gasteiger partial charge in [-0.05, 0) is 48.0 Å². The summed E-state index contributed by atoms with van der Waals surface area (Å²) in [6.45, 7) is 1.75. The van der Waals surface area contributed by atoms with Crippen LogP contribution in [0.4, 0.5) is 5.82 Å². The molecular weight excluding hydrogens is 300 g/mol. The van der Waals surface area contributed by atoms with Crippen LogP contribution in [-0.4, -0.2) is 30.2 Å². The first-order chi connectivity index (χ1) is 11.8. The van der Waals surface area contributed by atoms with Crippen molar-refractivity contribution in [1.29, 1.82) is 0 Å². The van der Waals surface area contributed by atoms with Crippen LogP contribution in [0, 0.1) is 5.92 Å². The van der Waals surface area contributed by atoms with E-state index < -0.39 is 0 Å². The molecule has 0 bridgehead atoms. The standard InChI is InChI=1S/C19H20N4O/c24-19(16-2-1-6-20-11-16)23-18-9-17-8-13(15-5-7-21-10-15)3-4-14(17)12-22-18/h3-4,7-10,12,16,20H,1-2,5-6,11H2,(H,22,23,24)/t16-/m1/s1. The van der Waals surface area contributed by atoms with Crippen molar-refractivity contribution < 1.29 is 4.79 Å². The molecule has 2 aromatic rings. The molecule has 5 nitrogen and oxygen atoms in total. The van der Waals surface area contributed by atoms with E-state index in [0.29, 0.717) is 5.82 Å². The maximum atomic E-state index is 12.4. The Morgan fingerprint density at radius 3 is 3.00 bits per heavy atom. The van der Waals surface area contributed by atoms with Gasteiger partial charge in [-0.3, -0.25) is 9.79 Å². The van der Waals surface area contributed by atoms with E-state index in [0.717, 1.165) is 43.1 Å². The molecule has 1 fully saturated rings. The van der Waals surface area contributed by atoms with Gasteiger partial charge in [-0.15, -0.1) is 0 Å². The van der Waals surface area contributed by atoms with Gasteiger partial charge in [-0.1, -0.05) is 12.1 Å². The smallest absolute Gasteiger partial charge is 0.229 e. The molecule has 1 atom stereocenters. The maximum absolute atomic E-state index is 12.4. The lowest BCUT2D eigenvalue weighted by Crippen LogP contribution is -2.37. The molecule has 24 heavy (non-hydrogen) atoms. The summed E-state index contributed by atoms with van der Waals surface area (Å²) < 4.78 is 0. The molecule has 5 heteroatoms. The first kappa shape index (κ1) is 15.0. The highest BCUT2D eigenvalue weighted by molar-refractivity contribution is 5.95. The lowest BCUT2D eigenvalue weighted by molar-refractivity contribution is -0.120. The fourth-order valence-electron chi connectivity index (χ4n) is 3.25. The van der Waals surface area contributed by atoms with E-state index in [-0.39, 0.29) is 11.8 Å². The summed E-state index contributed by atoms with van der Waals surface area (Å²) in [6, 6.07) is 8.24. The summed E-state index contributed by atoms with van der Waals surface area (Å²) in [7, 11) is 0. The second-order valence-corrected chi connectivity index (χ2v) is 6.35. The Labute approximate surface area is 140 Å². The molecule has 122 valence electrons. The molecule has 2 aliphatic heterocycles. The average Bonchev–Trinajstić information content (AvgIpc) is 3.16. The van der Waals surface area contributed by atoms with Crippen LogP contribution in [-0.2, 0) is 4.79 Å². The fraction of sp³-hybridized carbons (Fsp3) is 0.316. The Bertz CT molecular complexity index is 834. The Balaban J connectivity index is 1.56. The zero-order valence-corrected chi connectivity index (χ0v) is 13.5. The molecule has 1 saturated heterocycles. The molecule has 0 radical (unpaired) electrons. The summed E-state index contributed by atoms with van der Waals surface area (Å²) in [6.07, 6.45) is 8.48. The average molecular weight is 320 g/mol. The largest absolute Gasteiger partial charge is 0.316 e. The quantitative estimate of drug-likeness (QED) is 0.913. The number of fused-ring (bicyclic) bond motifs is 1. The minimum absolute atomic E-state index is 0.0309. The number of piperidine rings is 1. The number of carbonyl (C=O) groups excluding carboxylic acids is 1. The Kier molecular flexibility index (Phi) is 4.09. The van der Waals surface area contributed by atoms with Crippen molar-refractivity contribution in [1.82, 2.24) is 10.3 Å². The van der Waals surface area contributed by atoms with E-state index in [2.05, 4.69) is 38.8 Å². The highest BCUT2D eigenvalue weighted by Gasteiger charge is 2.21. The van der Waals surface area contributed by atoms with Gasteiger partial charge >= 0.3 is 0 Å². The first-order valence-corrected chi connectivity index (χ1v) is 8.42. The number of nitrogens with one attached hydrogen (secondary N) is 2. The molecule has 0 spiro atoms. The van der Waals surface area contributed by atoms with Gasteiger partial charge in [0.15, 0.2) is 0 Å². The van der Waals surface area contributed by atoms with E-state index in [1.54, 1.807) is 0 Å². The molecule has 0 aliphatic carbocycles. The van der Waals surface area contributed by atoms with Crippen LogP contribution in [0.5, 0.6) is 0 Å². The second kappa shape index (κ2) is 6.53. The van der Waals surface area contributed by atoms with Gasteiger partial charge in [0.1, 0.15) is 5.82 Å². The number of benzene rings is 1. The van der Waals surface area contributed by atoms with E-state index in [4.69, 9.17) is 0 Å². The van der Waals surface area contributed by atoms with E-state index >= 15 is 0 Å². The maximum Gasteiger partial charge on any atom is 0.229 e. The van der Waals surface area contributed by atoms with Crippen molar-refractivity contribution in [2.24, 2.45) is 10.9 Å². The number of amides is 1. The lowest BCUT2D eigenvalue weighted by Gasteiger charge is -2.21. The van der Waals surface area contributed by atoms with Gasteiger partial charge < -0.3 is 10.6 Å². The van der Waals surface area contributed by atoms with Crippen LogP contribution in [0.2, 0.25) is 0 Å². The number of rotatable bonds is 3. The predicted molar refractivity (Wildman–Crippen MR) is 97.1 cm³/mol. The topological polar surface area (TPSA) is 66.4 Å². The number of anilines is 1. The molecule has 2 N–H and O–H groups in total. The van der Waals surface area contributed by atoms with Crippen LogP contribution in [0.1, 0.15) is 24.8 Å². The van der Waals surface area contributed by atoms with E-state index in [1.807, 2.05) is 24.7 Å². The van der Waals surface area contributed by atoms with E-state index in [9.17, 15) is 4.79 Å². The molecule has 1 aromatic carbocycles. The summed E-state index contributed by atoms with van der Waals surface area (Å²) >= 11 is 0. The number of aliphatic imine (C=N–C) groups is 1. The van der Waals surface area contributed by atoms with Crippen molar-refractivity contribution >= 4 is 34.3 Å². The fourth-order valence-corrected chi connectivity index (χ4v) is 3.25. The van der Waals surface area contributed by atoms with Crippen molar-refractivity contribution in [2.45, 2.75) is 19.3 Å². The molecule has 4 rings (SSSR count). The highest BCUT2D eigenvalue weighted by atomic mass is 16.2. The van der Waals surface area contributed by atoms with Crippen LogP contribution >= 0.6 is 0 Å². The Morgan fingerprint density at radius 2 is 2.21 bits per heavy atom. The summed E-state index contributed by atoms with van der Waals surface area (Å²) in [5.41, 5.74) is 2.38. The van der Waals surface area contributed by atoms with Crippen LogP contribution in [0.15, 0.2) is 41.7 Å². The van der Waals surface area contributed by atoms with Gasteiger partial charge in [-0.2, -0.15) is 0 Å². The lowest BCUT2D eigenvalue weighted by atomic mass is 9.99. The molecule has 0 unspecified atom stereocenters. The van der Waals surface area contributed by atoms with Gasteiger partial charge in [0.2, 0.25) is 5.91 Å². The zero-order valence-electron chi connectivity index (χ0n) is 13.5. The first-order valence-electron chi connectivity index (χ1n) is 8.42. The van der Waals surface area contributed by atoms with Crippen molar-refractivity contribution in [2.75, 3.05) is 18.4 Å². The van der Waals surface area contributed by atoms with E-state index in [1.165, 1.54) is 11.1 Å². The molecule has 1 aromatic heterocycles. The van der Waals surface area contributed by atoms with Crippen LogP contribution < -0.4 is 10.6 Å². The number of carbonyl (C=O) groups is 1. The predicted octanol–water partition coefficient (Wildman–Crippen LogP) is 2.99. The third kappa shape index (κ3) is 3.08. The third-order valence-electron chi connectivity index (χ3n) is 4.66. The van der Waals surface area contributed by atoms with Gasteiger partial charge in [0, 0.05) is 37.0 Å². The second-order valence-electron chi connectivity index (χ2n) is 6.35. The van der Waals surface area contributed by atoms with Gasteiger partial charge in [0.05, 0.1) is 5.92 Å². The molecule has 2 aliphatic rings.